The zero-order valence-electron chi connectivity index (χ0n) is 12.1. The first-order valence-corrected chi connectivity index (χ1v) is 8.27. The van der Waals surface area contributed by atoms with Crippen LogP contribution in [0.4, 0.5) is 0 Å². The van der Waals surface area contributed by atoms with Crippen LogP contribution in [0.15, 0.2) is 23.3 Å². The Morgan fingerprint density at radius 1 is 1.11 bits per heavy atom. The van der Waals surface area contributed by atoms with Crippen LogP contribution in [-0.4, -0.2) is 11.2 Å². The predicted octanol–water partition coefficient (Wildman–Crippen LogP) is 4.23. The molecule has 0 radical (unpaired) electrons. The van der Waals surface area contributed by atoms with Gasteiger partial charge in [0.2, 0.25) is 0 Å². The lowest BCUT2D eigenvalue weighted by Crippen LogP contribution is -2.45. The molecule has 104 valence electrons. The second-order valence-corrected chi connectivity index (χ2v) is 7.54. The fourth-order valence-electron chi connectivity index (χ4n) is 5.62. The van der Waals surface area contributed by atoms with E-state index in [9.17, 15) is 5.11 Å². The van der Waals surface area contributed by atoms with E-state index in [4.69, 9.17) is 0 Å². The standard InChI is InChI=1S/C18H26O/c1-18-11-10-14-13-5-3-2-4-12(13)6-7-15(14)16(18)8-9-17(18)19/h8-9,14-17,19H,2-7,10-11H2,1H3/t14-,15-,16+,17+,18+/m1/s1. The minimum absolute atomic E-state index is 0.147. The number of rotatable bonds is 0. The van der Waals surface area contributed by atoms with E-state index in [0.29, 0.717) is 5.92 Å². The summed E-state index contributed by atoms with van der Waals surface area (Å²) in [4.78, 5) is 0. The van der Waals surface area contributed by atoms with Crippen molar-refractivity contribution in [1.29, 1.82) is 0 Å². The molecule has 4 aliphatic rings. The minimum Gasteiger partial charge on any atom is -0.388 e. The molecule has 0 amide bonds. The van der Waals surface area contributed by atoms with E-state index < -0.39 is 0 Å². The van der Waals surface area contributed by atoms with Gasteiger partial charge in [-0.3, -0.25) is 0 Å². The van der Waals surface area contributed by atoms with Crippen LogP contribution in [0.5, 0.6) is 0 Å². The number of hydrogen-bond acceptors (Lipinski definition) is 1. The Morgan fingerprint density at radius 2 is 1.95 bits per heavy atom. The average Bonchev–Trinajstić information content (AvgIpc) is 2.75. The van der Waals surface area contributed by atoms with Crippen molar-refractivity contribution in [3.05, 3.63) is 23.3 Å². The van der Waals surface area contributed by atoms with Crippen LogP contribution >= 0.6 is 0 Å². The van der Waals surface area contributed by atoms with Crippen molar-refractivity contribution in [3.8, 4) is 0 Å². The molecule has 4 aliphatic carbocycles. The van der Waals surface area contributed by atoms with Crippen molar-refractivity contribution in [2.75, 3.05) is 0 Å². The summed E-state index contributed by atoms with van der Waals surface area (Å²) in [7, 11) is 0. The zero-order chi connectivity index (χ0) is 13.0. The largest absolute Gasteiger partial charge is 0.388 e. The molecule has 0 aromatic rings. The molecule has 0 spiro atoms. The summed E-state index contributed by atoms with van der Waals surface area (Å²) in [6, 6.07) is 0. The Labute approximate surface area is 116 Å². The third kappa shape index (κ3) is 1.63. The van der Waals surface area contributed by atoms with E-state index >= 15 is 0 Å². The first kappa shape index (κ1) is 12.2. The number of hydrogen-bond donors (Lipinski definition) is 1. The summed E-state index contributed by atoms with van der Waals surface area (Å²) in [6.45, 7) is 2.32. The van der Waals surface area contributed by atoms with Crippen molar-refractivity contribution < 1.29 is 5.11 Å². The van der Waals surface area contributed by atoms with Crippen molar-refractivity contribution in [1.82, 2.24) is 0 Å². The fourth-order valence-corrected chi connectivity index (χ4v) is 5.62. The lowest BCUT2D eigenvalue weighted by molar-refractivity contribution is -0.0197. The fraction of sp³-hybridized carbons (Fsp3) is 0.778. The first-order valence-electron chi connectivity index (χ1n) is 8.27. The quantitative estimate of drug-likeness (QED) is 0.645. The molecule has 0 saturated heterocycles. The molecule has 5 atom stereocenters. The molecule has 1 fully saturated rings. The molecule has 0 aliphatic heterocycles. The van der Waals surface area contributed by atoms with Gasteiger partial charge in [-0.2, -0.15) is 0 Å². The average molecular weight is 258 g/mol. The summed E-state index contributed by atoms with van der Waals surface area (Å²) < 4.78 is 0. The van der Waals surface area contributed by atoms with E-state index in [0.717, 1.165) is 11.8 Å². The van der Waals surface area contributed by atoms with Crippen molar-refractivity contribution in [2.45, 2.75) is 64.4 Å². The lowest BCUT2D eigenvalue weighted by atomic mass is 9.54. The van der Waals surface area contributed by atoms with Crippen molar-refractivity contribution >= 4 is 0 Å². The SMILES string of the molecule is C[C@]12CC[C@@H]3C4=C(CCCC4)CC[C@H]3[C@@H]1C=C[C@@H]2O. The van der Waals surface area contributed by atoms with Crippen LogP contribution in [0.25, 0.3) is 0 Å². The maximum atomic E-state index is 10.3. The molecule has 0 aromatic carbocycles. The Morgan fingerprint density at radius 3 is 2.84 bits per heavy atom. The third-order valence-electron chi connectivity index (χ3n) is 6.77. The molecule has 0 heterocycles. The molecule has 1 heteroatoms. The minimum atomic E-state index is -0.194. The van der Waals surface area contributed by atoms with Gasteiger partial charge in [0.15, 0.2) is 0 Å². The van der Waals surface area contributed by atoms with Crippen LogP contribution < -0.4 is 0 Å². The molecule has 0 unspecified atom stereocenters. The Kier molecular flexibility index (Phi) is 2.71. The summed E-state index contributed by atoms with van der Waals surface area (Å²) in [5.41, 5.74) is 3.84. The van der Waals surface area contributed by atoms with Crippen molar-refractivity contribution in [3.63, 3.8) is 0 Å². The predicted molar refractivity (Wildman–Crippen MR) is 77.7 cm³/mol. The number of fused-ring (bicyclic) bond motifs is 4. The van der Waals surface area contributed by atoms with E-state index in [-0.39, 0.29) is 11.5 Å². The smallest absolute Gasteiger partial charge is 0.0780 e. The van der Waals surface area contributed by atoms with Gasteiger partial charge in [0.1, 0.15) is 0 Å². The first-order chi connectivity index (χ1) is 9.20. The van der Waals surface area contributed by atoms with E-state index in [1.165, 1.54) is 51.4 Å². The van der Waals surface area contributed by atoms with E-state index in [2.05, 4.69) is 19.1 Å². The maximum Gasteiger partial charge on any atom is 0.0780 e. The number of allylic oxidation sites excluding steroid dienone is 3. The van der Waals surface area contributed by atoms with Gasteiger partial charge in [-0.1, -0.05) is 30.2 Å². The normalized spacial score (nSPS) is 48.7. The second kappa shape index (κ2) is 4.22. The van der Waals surface area contributed by atoms with E-state index in [1.807, 2.05) is 11.1 Å². The molecular weight excluding hydrogens is 232 g/mol. The molecule has 0 bridgehead atoms. The van der Waals surface area contributed by atoms with Gasteiger partial charge in [0.25, 0.3) is 0 Å². The van der Waals surface area contributed by atoms with Gasteiger partial charge in [0.05, 0.1) is 6.10 Å². The molecule has 0 aromatic heterocycles. The lowest BCUT2D eigenvalue weighted by Gasteiger charge is -2.51. The monoisotopic (exact) mass is 258 g/mol. The highest BCUT2D eigenvalue weighted by molar-refractivity contribution is 5.28. The third-order valence-corrected chi connectivity index (χ3v) is 6.77. The van der Waals surface area contributed by atoms with E-state index in [1.54, 1.807) is 0 Å². The number of aliphatic hydroxyl groups excluding tert-OH is 1. The summed E-state index contributed by atoms with van der Waals surface area (Å²) in [5, 5.41) is 10.3. The highest BCUT2D eigenvalue weighted by atomic mass is 16.3. The summed E-state index contributed by atoms with van der Waals surface area (Å²) in [6.07, 6.45) is 15.1. The van der Waals surface area contributed by atoms with Crippen LogP contribution in [0, 0.1) is 23.2 Å². The van der Waals surface area contributed by atoms with Gasteiger partial charge in [-0.05, 0) is 69.1 Å². The molecule has 4 rings (SSSR count). The summed E-state index contributed by atoms with van der Waals surface area (Å²) in [5.74, 6) is 2.32. The van der Waals surface area contributed by atoms with Crippen LogP contribution in [0.3, 0.4) is 0 Å². The molecule has 1 N–H and O–H groups in total. The maximum absolute atomic E-state index is 10.3. The van der Waals surface area contributed by atoms with Crippen LogP contribution in [0.1, 0.15) is 58.3 Å². The van der Waals surface area contributed by atoms with Gasteiger partial charge >= 0.3 is 0 Å². The van der Waals surface area contributed by atoms with Crippen LogP contribution in [-0.2, 0) is 0 Å². The molecule has 19 heavy (non-hydrogen) atoms. The topological polar surface area (TPSA) is 20.2 Å². The molecule has 1 saturated carbocycles. The zero-order valence-corrected chi connectivity index (χ0v) is 12.1. The van der Waals surface area contributed by atoms with Gasteiger partial charge < -0.3 is 5.11 Å². The van der Waals surface area contributed by atoms with Gasteiger partial charge in [-0.15, -0.1) is 0 Å². The highest BCUT2D eigenvalue weighted by Crippen LogP contribution is 2.59. The second-order valence-electron chi connectivity index (χ2n) is 7.54. The van der Waals surface area contributed by atoms with Crippen LogP contribution in [0.2, 0.25) is 0 Å². The van der Waals surface area contributed by atoms with Crippen molar-refractivity contribution in [2.24, 2.45) is 23.2 Å². The Bertz CT molecular complexity index is 447. The van der Waals surface area contributed by atoms with Gasteiger partial charge in [0, 0.05) is 5.41 Å². The highest BCUT2D eigenvalue weighted by Gasteiger charge is 2.52. The Hall–Kier alpha value is -0.560. The van der Waals surface area contributed by atoms with Gasteiger partial charge in [-0.25, -0.2) is 0 Å². The Balaban J connectivity index is 1.68. The molecular formula is C18H26O. The molecule has 1 nitrogen and oxygen atoms in total. The summed E-state index contributed by atoms with van der Waals surface area (Å²) >= 11 is 0. The number of aliphatic hydroxyl groups is 1.